The minimum atomic E-state index is -0.829. The first-order valence-electron chi connectivity index (χ1n) is 11.5. The Bertz CT molecular complexity index is 1340. The Morgan fingerprint density at radius 2 is 2.09 bits per heavy atom. The van der Waals surface area contributed by atoms with Crippen molar-refractivity contribution in [2.24, 2.45) is 0 Å². The average Bonchev–Trinajstić information content (AvgIpc) is 3.43. The summed E-state index contributed by atoms with van der Waals surface area (Å²) in [6, 6.07) is 6.31. The van der Waals surface area contributed by atoms with E-state index in [9.17, 15) is 9.50 Å². The third kappa shape index (κ3) is 4.33. The van der Waals surface area contributed by atoms with Gasteiger partial charge in [0.1, 0.15) is 5.82 Å². The van der Waals surface area contributed by atoms with Crippen LogP contribution in [-0.4, -0.2) is 53.2 Å². The second-order valence-electron chi connectivity index (χ2n) is 9.65. The van der Waals surface area contributed by atoms with Gasteiger partial charge in [-0.15, -0.1) is 5.10 Å². The van der Waals surface area contributed by atoms with E-state index < -0.39 is 5.60 Å². The van der Waals surface area contributed by atoms with Crippen molar-refractivity contribution in [3.8, 4) is 11.3 Å². The van der Waals surface area contributed by atoms with Gasteiger partial charge < -0.3 is 15.7 Å². The largest absolute Gasteiger partial charge is 0.389 e. The first-order chi connectivity index (χ1) is 16.2. The second kappa shape index (κ2) is 8.35. The molecular weight excluding hydrogens is 435 g/mol. The van der Waals surface area contributed by atoms with Crippen LogP contribution in [0.25, 0.3) is 16.9 Å². The Hall–Kier alpha value is -3.53. The number of nitrogens with zero attached hydrogens (tertiary/aromatic N) is 7. The van der Waals surface area contributed by atoms with Crippen molar-refractivity contribution in [2.75, 3.05) is 23.7 Å². The number of nitrogens with two attached hydrogens (primary N) is 1. The van der Waals surface area contributed by atoms with Crippen LogP contribution in [0.2, 0.25) is 0 Å². The van der Waals surface area contributed by atoms with Gasteiger partial charge in [-0.1, -0.05) is 12.1 Å². The molecule has 0 saturated carbocycles. The van der Waals surface area contributed by atoms with Gasteiger partial charge in [0.25, 0.3) is 0 Å². The van der Waals surface area contributed by atoms with Gasteiger partial charge in [-0.05, 0) is 45.7 Å². The molecule has 0 spiro atoms. The number of rotatable bonds is 5. The van der Waals surface area contributed by atoms with Gasteiger partial charge in [0, 0.05) is 36.3 Å². The zero-order valence-electron chi connectivity index (χ0n) is 19.6. The van der Waals surface area contributed by atoms with E-state index in [-0.39, 0.29) is 17.7 Å². The predicted octanol–water partition coefficient (Wildman–Crippen LogP) is 3.17. The summed E-state index contributed by atoms with van der Waals surface area (Å²) >= 11 is 0. The Labute approximate surface area is 197 Å². The number of fused-ring (bicyclic) bond motifs is 1. The average molecular weight is 465 g/mol. The molecule has 9 nitrogen and oxygen atoms in total. The molecule has 3 aromatic heterocycles. The smallest absolute Gasteiger partial charge is 0.223 e. The lowest BCUT2D eigenvalue weighted by atomic mass is 9.97. The van der Waals surface area contributed by atoms with Crippen LogP contribution in [0.5, 0.6) is 0 Å². The van der Waals surface area contributed by atoms with E-state index in [1.165, 1.54) is 12.1 Å². The van der Waals surface area contributed by atoms with Crippen molar-refractivity contribution >= 4 is 17.3 Å². The highest BCUT2D eigenvalue weighted by Crippen LogP contribution is 2.31. The quantitative estimate of drug-likeness (QED) is 0.467. The molecule has 1 fully saturated rings. The van der Waals surface area contributed by atoms with Crippen LogP contribution in [0, 0.1) is 12.7 Å². The number of nitrogen functional groups attached to an aromatic ring is 1. The summed E-state index contributed by atoms with van der Waals surface area (Å²) in [7, 11) is 0. The standard InChI is InChI=1S/C24H29FN8O/c1-15-20(16-6-4-8-18(25)10-16)28-23(26)33-22(15)29-21(30-33)17-7-5-9-31(12-17)19-11-27-32(13-19)14-24(2,3)34/h4,6,8,10-11,13,17,34H,5,7,9,12,14H2,1-3H3,(H2,26,28)/t17-/m1/s1. The summed E-state index contributed by atoms with van der Waals surface area (Å²) in [5.41, 5.74) is 9.12. The summed E-state index contributed by atoms with van der Waals surface area (Å²) < 4.78 is 17.1. The monoisotopic (exact) mass is 464 g/mol. The minimum Gasteiger partial charge on any atom is -0.389 e. The van der Waals surface area contributed by atoms with Crippen molar-refractivity contribution in [1.29, 1.82) is 0 Å². The molecule has 1 aliphatic rings. The number of aromatic nitrogens is 6. The molecule has 1 aromatic carbocycles. The summed E-state index contributed by atoms with van der Waals surface area (Å²) in [6.45, 7) is 7.55. The number of aliphatic hydroxyl groups is 1. The molecule has 1 atom stereocenters. The van der Waals surface area contributed by atoms with Crippen molar-refractivity contribution < 1.29 is 9.50 Å². The molecule has 178 valence electrons. The lowest BCUT2D eigenvalue weighted by molar-refractivity contribution is 0.0577. The van der Waals surface area contributed by atoms with Crippen LogP contribution < -0.4 is 10.6 Å². The molecule has 4 aromatic rings. The number of hydrogen-bond acceptors (Lipinski definition) is 7. The van der Waals surface area contributed by atoms with Crippen LogP contribution in [-0.2, 0) is 6.54 Å². The maximum atomic E-state index is 13.8. The van der Waals surface area contributed by atoms with Crippen molar-refractivity contribution in [2.45, 2.75) is 51.7 Å². The number of benzene rings is 1. The molecule has 1 aliphatic heterocycles. The molecule has 5 rings (SSSR count). The molecule has 0 amide bonds. The lowest BCUT2D eigenvalue weighted by Gasteiger charge is -2.32. The normalized spacial score (nSPS) is 17.0. The third-order valence-electron chi connectivity index (χ3n) is 6.18. The number of aryl methyl sites for hydroxylation is 1. The number of halogens is 1. The van der Waals surface area contributed by atoms with Crippen LogP contribution in [0.1, 0.15) is 44.0 Å². The van der Waals surface area contributed by atoms with Gasteiger partial charge in [0.2, 0.25) is 5.95 Å². The first kappa shape index (κ1) is 22.3. The summed E-state index contributed by atoms with van der Waals surface area (Å²) in [5.74, 6) is 0.746. The highest BCUT2D eigenvalue weighted by atomic mass is 19.1. The minimum absolute atomic E-state index is 0.128. The highest BCUT2D eigenvalue weighted by molar-refractivity contribution is 5.71. The van der Waals surface area contributed by atoms with E-state index in [4.69, 9.17) is 15.8 Å². The van der Waals surface area contributed by atoms with Gasteiger partial charge in [0.05, 0.1) is 29.7 Å². The molecule has 0 aliphatic carbocycles. The molecule has 3 N–H and O–H groups in total. The van der Waals surface area contributed by atoms with Gasteiger partial charge in [-0.25, -0.2) is 14.4 Å². The molecule has 34 heavy (non-hydrogen) atoms. The van der Waals surface area contributed by atoms with E-state index in [1.54, 1.807) is 29.1 Å². The zero-order chi connectivity index (χ0) is 24.0. The number of hydrogen-bond donors (Lipinski definition) is 2. The third-order valence-corrected chi connectivity index (χ3v) is 6.18. The van der Waals surface area contributed by atoms with E-state index >= 15 is 0 Å². The van der Waals surface area contributed by atoms with Crippen LogP contribution >= 0.6 is 0 Å². The Balaban J connectivity index is 1.43. The van der Waals surface area contributed by atoms with Crippen LogP contribution in [0.3, 0.4) is 0 Å². The van der Waals surface area contributed by atoms with Crippen LogP contribution in [0.15, 0.2) is 36.7 Å². The fourth-order valence-electron chi connectivity index (χ4n) is 4.59. The maximum absolute atomic E-state index is 13.8. The Morgan fingerprint density at radius 1 is 1.26 bits per heavy atom. The van der Waals surface area contributed by atoms with Crippen LogP contribution in [0.4, 0.5) is 16.0 Å². The molecule has 4 heterocycles. The fourth-order valence-corrected chi connectivity index (χ4v) is 4.59. The molecule has 0 bridgehead atoms. The molecule has 10 heteroatoms. The first-order valence-corrected chi connectivity index (χ1v) is 11.5. The molecule has 0 unspecified atom stereocenters. The maximum Gasteiger partial charge on any atom is 0.223 e. The van der Waals surface area contributed by atoms with Crippen molar-refractivity contribution in [3.63, 3.8) is 0 Å². The second-order valence-corrected chi connectivity index (χ2v) is 9.65. The van der Waals surface area contributed by atoms with E-state index in [2.05, 4.69) is 15.0 Å². The zero-order valence-corrected chi connectivity index (χ0v) is 19.6. The topological polar surface area (TPSA) is 110 Å². The lowest BCUT2D eigenvalue weighted by Crippen LogP contribution is -2.34. The van der Waals surface area contributed by atoms with E-state index in [0.717, 1.165) is 43.0 Å². The summed E-state index contributed by atoms with van der Waals surface area (Å²) in [5, 5.41) is 19.2. The van der Waals surface area contributed by atoms with Gasteiger partial charge in [-0.2, -0.15) is 9.61 Å². The number of anilines is 2. The molecule has 1 saturated heterocycles. The Morgan fingerprint density at radius 3 is 2.85 bits per heavy atom. The van der Waals surface area contributed by atoms with Gasteiger partial charge >= 0.3 is 0 Å². The predicted molar refractivity (Wildman–Crippen MR) is 128 cm³/mol. The van der Waals surface area contributed by atoms with E-state index in [1.807, 2.05) is 25.4 Å². The van der Waals surface area contributed by atoms with Crippen molar-refractivity contribution in [3.05, 3.63) is 53.9 Å². The SMILES string of the molecule is Cc1c(-c2cccc(F)c2)nc(N)n2nc([C@@H]3CCCN(c4cnn(CC(C)(C)O)c4)C3)nc12. The number of piperidine rings is 1. The van der Waals surface area contributed by atoms with Gasteiger partial charge in [-0.3, -0.25) is 4.68 Å². The summed E-state index contributed by atoms with van der Waals surface area (Å²) in [4.78, 5) is 11.6. The molecular formula is C24H29FN8O. The van der Waals surface area contributed by atoms with E-state index in [0.29, 0.717) is 23.4 Å². The van der Waals surface area contributed by atoms with Crippen molar-refractivity contribution in [1.82, 2.24) is 29.4 Å². The highest BCUT2D eigenvalue weighted by Gasteiger charge is 2.27. The van der Waals surface area contributed by atoms with Gasteiger partial charge in [0.15, 0.2) is 11.5 Å². The fraction of sp³-hybridized carbons (Fsp3) is 0.417. The molecule has 0 radical (unpaired) electrons. The summed E-state index contributed by atoms with van der Waals surface area (Å²) in [6.07, 6.45) is 5.77. The Kier molecular flexibility index (Phi) is 5.47.